The van der Waals surface area contributed by atoms with Crippen LogP contribution in [0.25, 0.3) is 0 Å². The second kappa shape index (κ2) is 10.9. The Kier molecular flexibility index (Phi) is 8.20. The molecule has 0 aliphatic heterocycles. The number of anilines is 1. The predicted molar refractivity (Wildman–Crippen MR) is 153 cm³/mol. The number of carbonyl (C=O) groups excluding carboxylic acids is 5. The normalized spacial score (nSPS) is 32.0. The van der Waals surface area contributed by atoms with Crippen molar-refractivity contribution >= 4 is 34.7 Å². The number of likely N-dealkylation sites (N-methyl/N-ethyl adjacent to an activating group) is 1. The molecule has 0 saturated heterocycles. The summed E-state index contributed by atoms with van der Waals surface area (Å²) < 4.78 is 40.3. The van der Waals surface area contributed by atoms with Gasteiger partial charge in [-0.2, -0.15) is 18.4 Å². The number of alkyl halides is 3. The molecule has 3 unspecified atom stereocenters. The molecule has 3 aliphatic rings. The number of hydrogen-bond acceptors (Lipinski definition) is 12. The largest absolute Gasteiger partial charge is 0.507 e. The summed E-state index contributed by atoms with van der Waals surface area (Å²) in [5.74, 6) is -11.1. The molecular weight excluding hydrogens is 599 g/mol. The molecule has 7 atom stereocenters. The van der Waals surface area contributed by atoms with Crippen LogP contribution < -0.4 is 27.4 Å². The first-order valence-corrected chi connectivity index (χ1v) is 14.1. The average molecular weight is 636 g/mol. The van der Waals surface area contributed by atoms with E-state index < -0.39 is 99.9 Å². The lowest BCUT2D eigenvalue weighted by Gasteiger charge is -2.60. The third-order valence-corrected chi connectivity index (χ3v) is 9.47. The van der Waals surface area contributed by atoms with E-state index in [1.807, 2.05) is 0 Å². The van der Waals surface area contributed by atoms with Crippen molar-refractivity contribution in [2.24, 2.45) is 34.5 Å². The fraction of sp³-hybridized carbons (Fsp3) is 0.586. The summed E-state index contributed by atoms with van der Waals surface area (Å²) in [4.78, 5) is 71.2. The van der Waals surface area contributed by atoms with Crippen LogP contribution >= 0.6 is 0 Å². The van der Waals surface area contributed by atoms with Crippen molar-refractivity contribution in [3.63, 3.8) is 0 Å². The van der Waals surface area contributed by atoms with Gasteiger partial charge in [-0.05, 0) is 45.0 Å². The maximum atomic E-state index is 14.5. The Balaban J connectivity index is 1.95. The third kappa shape index (κ3) is 4.63. The van der Waals surface area contributed by atoms with Gasteiger partial charge in [0.05, 0.1) is 23.2 Å². The number of phenols is 1. The second-order valence-electron chi connectivity index (χ2n) is 12.7. The number of ketones is 4. The van der Waals surface area contributed by atoms with E-state index in [9.17, 15) is 47.5 Å². The van der Waals surface area contributed by atoms with Gasteiger partial charge < -0.3 is 32.5 Å². The number of halogens is 3. The zero-order valence-corrected chi connectivity index (χ0v) is 25.4. The van der Waals surface area contributed by atoms with Gasteiger partial charge in [0.25, 0.3) is 0 Å². The first-order valence-electron chi connectivity index (χ1n) is 14.1. The molecule has 45 heavy (non-hydrogen) atoms. The number of hydrogen-bond donors (Lipinski definition) is 5. The maximum absolute atomic E-state index is 14.5. The van der Waals surface area contributed by atoms with Crippen molar-refractivity contribution in [3.8, 4) is 11.8 Å². The van der Waals surface area contributed by atoms with Gasteiger partial charge in [0.1, 0.15) is 17.7 Å². The van der Waals surface area contributed by atoms with Crippen LogP contribution in [0.2, 0.25) is 0 Å². The topological polar surface area (TPSA) is 226 Å². The predicted octanol–water partition coefficient (Wildman–Crippen LogP) is -0.695. The van der Waals surface area contributed by atoms with Crippen molar-refractivity contribution in [1.29, 1.82) is 5.26 Å². The van der Waals surface area contributed by atoms with E-state index in [4.69, 9.17) is 17.2 Å². The molecule has 1 aromatic carbocycles. The quantitative estimate of drug-likeness (QED) is 0.235. The van der Waals surface area contributed by atoms with E-state index in [0.717, 1.165) is 0 Å². The number of nitrogens with one attached hydrogen (secondary N) is 1. The number of nitrogens with zero attached hydrogens (tertiary/aromatic N) is 3. The van der Waals surface area contributed by atoms with Crippen LogP contribution in [-0.2, 0) is 32.1 Å². The SMILES string of the molecule is CCC(NCc1cc(N(C)C)c2c(c1O)C(=O)C1C(=O)[C@]3(C#N)C(=O)C(C(N)=O)C(=O)[C@@H](N(C)C)[C@]3(N)C[C@]1(N)C2)C(F)(F)F. The van der Waals surface area contributed by atoms with E-state index in [-0.39, 0.29) is 24.0 Å². The number of rotatable bonds is 7. The summed E-state index contributed by atoms with van der Waals surface area (Å²) in [6.07, 6.45) is -5.79. The molecule has 244 valence electrons. The average Bonchev–Trinajstić information content (AvgIpc) is 2.87. The molecule has 2 saturated carbocycles. The van der Waals surface area contributed by atoms with Gasteiger partial charge in [0.15, 0.2) is 34.5 Å². The van der Waals surface area contributed by atoms with Gasteiger partial charge in [-0.25, -0.2) is 0 Å². The Bertz CT molecular complexity index is 1560. The molecule has 3 aliphatic carbocycles. The van der Waals surface area contributed by atoms with E-state index in [1.54, 1.807) is 25.1 Å². The zero-order valence-electron chi connectivity index (χ0n) is 25.4. The van der Waals surface area contributed by atoms with Gasteiger partial charge in [-0.1, -0.05) is 6.92 Å². The molecule has 0 bridgehead atoms. The highest BCUT2D eigenvalue weighted by molar-refractivity contribution is 6.33. The first kappa shape index (κ1) is 34.0. The van der Waals surface area contributed by atoms with E-state index in [1.165, 1.54) is 32.0 Å². The third-order valence-electron chi connectivity index (χ3n) is 9.47. The number of nitrogens with two attached hydrogens (primary N) is 3. The summed E-state index contributed by atoms with van der Waals surface area (Å²) in [5.41, 5.74) is 11.9. The molecule has 0 radical (unpaired) electrons. The molecule has 1 aromatic rings. The van der Waals surface area contributed by atoms with Gasteiger partial charge >= 0.3 is 6.18 Å². The highest BCUT2D eigenvalue weighted by atomic mass is 19.4. The number of benzene rings is 1. The smallest absolute Gasteiger partial charge is 0.403 e. The number of carbonyl (C=O) groups is 5. The number of phenolic OH excluding ortho intramolecular Hbond substituents is 1. The fourth-order valence-corrected chi connectivity index (χ4v) is 7.57. The molecule has 8 N–H and O–H groups in total. The van der Waals surface area contributed by atoms with Crippen LogP contribution in [0.1, 0.15) is 41.3 Å². The minimum Gasteiger partial charge on any atom is -0.507 e. The van der Waals surface area contributed by atoms with Crippen LogP contribution in [0.15, 0.2) is 6.07 Å². The Morgan fingerprint density at radius 3 is 2.24 bits per heavy atom. The number of nitriles is 1. The summed E-state index contributed by atoms with van der Waals surface area (Å²) in [5, 5.41) is 24.1. The first-order chi connectivity index (χ1) is 20.7. The molecule has 2 fully saturated rings. The van der Waals surface area contributed by atoms with E-state index >= 15 is 0 Å². The Hall–Kier alpha value is -3.91. The van der Waals surface area contributed by atoms with Crippen LogP contribution in [-0.4, -0.2) is 96.6 Å². The van der Waals surface area contributed by atoms with E-state index in [2.05, 4.69) is 5.32 Å². The number of Topliss-reactive ketones (excluding diaryl/α,β-unsaturated/α-hetero) is 4. The molecule has 1 amide bonds. The van der Waals surface area contributed by atoms with Crippen molar-refractivity contribution < 1.29 is 42.3 Å². The van der Waals surface area contributed by atoms with Gasteiger partial charge in [-0.15, -0.1) is 0 Å². The van der Waals surface area contributed by atoms with Gasteiger partial charge in [-0.3, -0.25) is 28.9 Å². The van der Waals surface area contributed by atoms with Gasteiger partial charge in [0.2, 0.25) is 5.91 Å². The fourth-order valence-electron chi connectivity index (χ4n) is 7.57. The Labute approximate surface area is 256 Å². The molecular formula is C29H36F3N7O6. The highest BCUT2D eigenvalue weighted by Crippen LogP contribution is 2.57. The number of primary amides is 1. The molecule has 0 heterocycles. The van der Waals surface area contributed by atoms with E-state index in [0.29, 0.717) is 5.69 Å². The van der Waals surface area contributed by atoms with Gasteiger partial charge in [0, 0.05) is 37.4 Å². The van der Waals surface area contributed by atoms with Crippen LogP contribution in [0, 0.1) is 28.6 Å². The van der Waals surface area contributed by atoms with Crippen molar-refractivity contribution in [1.82, 2.24) is 10.2 Å². The molecule has 4 rings (SSSR count). The summed E-state index contributed by atoms with van der Waals surface area (Å²) in [6.45, 7) is 0.825. The minimum absolute atomic E-state index is 0.0785. The summed E-state index contributed by atoms with van der Waals surface area (Å²) in [6, 6.07) is -0.435. The molecule has 0 aromatic heterocycles. The number of amides is 1. The lowest BCUT2D eigenvalue weighted by Crippen LogP contribution is -2.85. The summed E-state index contributed by atoms with van der Waals surface area (Å²) >= 11 is 0. The maximum Gasteiger partial charge on any atom is 0.403 e. The van der Waals surface area contributed by atoms with Crippen molar-refractivity contribution in [3.05, 3.63) is 22.8 Å². The van der Waals surface area contributed by atoms with Crippen LogP contribution in [0.4, 0.5) is 18.9 Å². The lowest BCUT2D eigenvalue weighted by atomic mass is 9.42. The number of fused-ring (bicyclic) bond motifs is 3. The Morgan fingerprint density at radius 2 is 1.78 bits per heavy atom. The van der Waals surface area contributed by atoms with Crippen LogP contribution in [0.5, 0.6) is 5.75 Å². The lowest BCUT2D eigenvalue weighted by molar-refractivity contribution is -0.166. The zero-order chi connectivity index (χ0) is 34.2. The monoisotopic (exact) mass is 635 g/mol. The summed E-state index contributed by atoms with van der Waals surface area (Å²) in [7, 11) is 5.98. The standard InChI is InChI=1S/C29H36F3N7O6/c1-6-15(29(30,31)32)37-9-12-7-14(38(2)3)13-8-26(35)10-28(36)22(39(4)5)21(42)17(25(34)45)23(43)27(28,11-33)24(44)18(26)20(41)16(13)19(12)40/h7,15,17-18,22,37,40H,6,8-10,35-36H2,1-5H3,(H2,34,45)/t15?,17?,18?,22-,26-,27+,28-/m1/s1. The minimum atomic E-state index is -4.59. The molecule has 13 nitrogen and oxygen atoms in total. The Morgan fingerprint density at radius 1 is 1.18 bits per heavy atom. The molecule has 16 heteroatoms. The number of aromatic hydroxyl groups is 1. The van der Waals surface area contributed by atoms with Crippen molar-refractivity contribution in [2.45, 2.75) is 62.1 Å². The van der Waals surface area contributed by atoms with Crippen molar-refractivity contribution in [2.75, 3.05) is 33.1 Å². The van der Waals surface area contributed by atoms with Crippen LogP contribution in [0.3, 0.4) is 0 Å². The second-order valence-corrected chi connectivity index (χ2v) is 12.7. The highest BCUT2D eigenvalue weighted by Gasteiger charge is 2.78. The molecule has 0 spiro atoms.